The predicted octanol–water partition coefficient (Wildman–Crippen LogP) is 1.05. The van der Waals surface area contributed by atoms with E-state index in [0.29, 0.717) is 12.1 Å². The zero-order valence-electron chi connectivity index (χ0n) is 9.21. The van der Waals surface area contributed by atoms with Crippen molar-refractivity contribution in [2.75, 3.05) is 20.2 Å². The summed E-state index contributed by atoms with van der Waals surface area (Å²) in [6.45, 7) is 8.37. The van der Waals surface area contributed by atoms with Gasteiger partial charge in [0.2, 0.25) is 0 Å². The standard InChI is InChI=1S/C10H22N2O/c1-5-13-9(3)12-7-10(11-4)6-8(12)2/h8-11H,5-7H2,1-4H3. The Bertz CT molecular complexity index is 152. The van der Waals surface area contributed by atoms with Gasteiger partial charge < -0.3 is 10.1 Å². The summed E-state index contributed by atoms with van der Waals surface area (Å²) >= 11 is 0. The maximum Gasteiger partial charge on any atom is 0.108 e. The smallest absolute Gasteiger partial charge is 0.108 e. The highest BCUT2D eigenvalue weighted by Gasteiger charge is 2.31. The molecule has 3 heteroatoms. The molecule has 1 rings (SSSR count). The normalized spacial score (nSPS) is 32.3. The molecule has 0 radical (unpaired) electrons. The summed E-state index contributed by atoms with van der Waals surface area (Å²) in [5.41, 5.74) is 0. The van der Waals surface area contributed by atoms with Crippen molar-refractivity contribution in [3.8, 4) is 0 Å². The Kier molecular flexibility index (Phi) is 4.16. The van der Waals surface area contributed by atoms with Crippen LogP contribution in [0.25, 0.3) is 0 Å². The van der Waals surface area contributed by atoms with E-state index in [2.05, 4.69) is 24.1 Å². The molecule has 0 amide bonds. The lowest BCUT2D eigenvalue weighted by molar-refractivity contribution is -0.0460. The van der Waals surface area contributed by atoms with Crippen LogP contribution in [0.1, 0.15) is 27.2 Å². The van der Waals surface area contributed by atoms with E-state index >= 15 is 0 Å². The molecular formula is C10H22N2O. The van der Waals surface area contributed by atoms with Gasteiger partial charge in [0.25, 0.3) is 0 Å². The van der Waals surface area contributed by atoms with Crippen LogP contribution < -0.4 is 5.32 Å². The monoisotopic (exact) mass is 186 g/mol. The minimum atomic E-state index is 0.262. The highest BCUT2D eigenvalue weighted by atomic mass is 16.5. The zero-order chi connectivity index (χ0) is 9.84. The maximum absolute atomic E-state index is 5.59. The molecule has 13 heavy (non-hydrogen) atoms. The van der Waals surface area contributed by atoms with Crippen LogP contribution in [0.15, 0.2) is 0 Å². The molecule has 3 nitrogen and oxygen atoms in total. The molecule has 0 aliphatic carbocycles. The van der Waals surface area contributed by atoms with E-state index in [1.807, 2.05) is 14.0 Å². The number of likely N-dealkylation sites (N-methyl/N-ethyl adjacent to an activating group) is 1. The van der Waals surface area contributed by atoms with Gasteiger partial charge >= 0.3 is 0 Å². The molecule has 78 valence electrons. The molecule has 0 aromatic carbocycles. The Hall–Kier alpha value is -0.120. The van der Waals surface area contributed by atoms with E-state index in [1.54, 1.807) is 0 Å². The highest BCUT2D eigenvalue weighted by molar-refractivity contribution is 4.86. The van der Waals surface area contributed by atoms with Gasteiger partial charge in [-0.05, 0) is 34.2 Å². The third kappa shape index (κ3) is 2.66. The molecule has 0 saturated carbocycles. The molecule has 0 spiro atoms. The first-order chi connectivity index (χ1) is 6.19. The van der Waals surface area contributed by atoms with E-state index in [9.17, 15) is 0 Å². The second-order valence-electron chi connectivity index (χ2n) is 3.82. The number of hydrogen-bond donors (Lipinski definition) is 1. The van der Waals surface area contributed by atoms with E-state index < -0.39 is 0 Å². The Balaban J connectivity index is 2.41. The first kappa shape index (κ1) is 11.0. The summed E-state index contributed by atoms with van der Waals surface area (Å²) in [6, 6.07) is 1.27. The van der Waals surface area contributed by atoms with Gasteiger partial charge in [0, 0.05) is 25.2 Å². The summed E-state index contributed by atoms with van der Waals surface area (Å²) in [6.07, 6.45) is 1.49. The molecule has 1 saturated heterocycles. The first-order valence-electron chi connectivity index (χ1n) is 5.23. The lowest BCUT2D eigenvalue weighted by atomic mass is 10.2. The lowest BCUT2D eigenvalue weighted by Gasteiger charge is -2.27. The maximum atomic E-state index is 5.59. The van der Waals surface area contributed by atoms with Gasteiger partial charge in [0.1, 0.15) is 6.23 Å². The SMILES string of the molecule is CCOC(C)N1CC(NC)CC1C. The van der Waals surface area contributed by atoms with Crippen LogP contribution in [-0.4, -0.2) is 43.4 Å². The summed E-state index contributed by atoms with van der Waals surface area (Å²) in [4.78, 5) is 2.42. The van der Waals surface area contributed by atoms with Crippen LogP contribution in [0.3, 0.4) is 0 Å². The highest BCUT2D eigenvalue weighted by Crippen LogP contribution is 2.20. The average Bonchev–Trinajstić information content (AvgIpc) is 2.47. The van der Waals surface area contributed by atoms with Crippen molar-refractivity contribution in [1.29, 1.82) is 0 Å². The van der Waals surface area contributed by atoms with Crippen molar-refractivity contribution in [2.45, 2.75) is 45.5 Å². The molecule has 3 atom stereocenters. The van der Waals surface area contributed by atoms with E-state index in [0.717, 1.165) is 13.2 Å². The second-order valence-corrected chi connectivity index (χ2v) is 3.82. The van der Waals surface area contributed by atoms with Crippen LogP contribution >= 0.6 is 0 Å². The van der Waals surface area contributed by atoms with Crippen LogP contribution in [-0.2, 0) is 4.74 Å². The molecule has 0 aromatic heterocycles. The van der Waals surface area contributed by atoms with Crippen LogP contribution in [0.2, 0.25) is 0 Å². The van der Waals surface area contributed by atoms with Gasteiger partial charge in [-0.3, -0.25) is 4.90 Å². The number of likely N-dealkylation sites (tertiary alicyclic amines) is 1. The number of hydrogen-bond acceptors (Lipinski definition) is 3. The minimum absolute atomic E-state index is 0.262. The Morgan fingerprint density at radius 1 is 1.62 bits per heavy atom. The second kappa shape index (κ2) is 4.94. The molecule has 1 aliphatic rings. The van der Waals surface area contributed by atoms with E-state index in [4.69, 9.17) is 4.74 Å². The molecule has 1 N–H and O–H groups in total. The number of nitrogens with one attached hydrogen (secondary N) is 1. The third-order valence-corrected chi connectivity index (χ3v) is 2.91. The number of nitrogens with zero attached hydrogens (tertiary/aromatic N) is 1. The fourth-order valence-electron chi connectivity index (χ4n) is 2.11. The summed E-state index contributed by atoms with van der Waals surface area (Å²) in [5, 5.41) is 3.32. The first-order valence-corrected chi connectivity index (χ1v) is 5.23. The van der Waals surface area contributed by atoms with Gasteiger partial charge in [-0.1, -0.05) is 0 Å². The molecule has 1 fully saturated rings. The molecule has 3 unspecified atom stereocenters. The quantitative estimate of drug-likeness (QED) is 0.710. The zero-order valence-corrected chi connectivity index (χ0v) is 9.21. The van der Waals surface area contributed by atoms with Crippen LogP contribution in [0.5, 0.6) is 0 Å². The Morgan fingerprint density at radius 2 is 2.31 bits per heavy atom. The summed E-state index contributed by atoms with van der Waals surface area (Å²) in [7, 11) is 2.03. The fraction of sp³-hybridized carbons (Fsp3) is 1.00. The summed E-state index contributed by atoms with van der Waals surface area (Å²) < 4.78 is 5.59. The lowest BCUT2D eigenvalue weighted by Crippen LogP contribution is -2.39. The van der Waals surface area contributed by atoms with Gasteiger partial charge in [-0.25, -0.2) is 0 Å². The Labute approximate surface area is 81.4 Å². The van der Waals surface area contributed by atoms with E-state index in [-0.39, 0.29) is 6.23 Å². The average molecular weight is 186 g/mol. The van der Waals surface area contributed by atoms with Gasteiger partial charge in [0.15, 0.2) is 0 Å². The van der Waals surface area contributed by atoms with Crippen molar-refractivity contribution in [3.05, 3.63) is 0 Å². The van der Waals surface area contributed by atoms with Crippen LogP contribution in [0.4, 0.5) is 0 Å². The topological polar surface area (TPSA) is 24.5 Å². The van der Waals surface area contributed by atoms with Crippen molar-refractivity contribution in [2.24, 2.45) is 0 Å². The van der Waals surface area contributed by atoms with E-state index in [1.165, 1.54) is 6.42 Å². The fourth-order valence-corrected chi connectivity index (χ4v) is 2.11. The van der Waals surface area contributed by atoms with Crippen LogP contribution in [0, 0.1) is 0 Å². The van der Waals surface area contributed by atoms with Gasteiger partial charge in [-0.15, -0.1) is 0 Å². The molecule has 1 heterocycles. The van der Waals surface area contributed by atoms with Crippen molar-refractivity contribution < 1.29 is 4.74 Å². The molecular weight excluding hydrogens is 164 g/mol. The number of ether oxygens (including phenoxy) is 1. The minimum Gasteiger partial charge on any atom is -0.364 e. The van der Waals surface area contributed by atoms with Crippen molar-refractivity contribution in [1.82, 2.24) is 10.2 Å². The van der Waals surface area contributed by atoms with Crippen molar-refractivity contribution >= 4 is 0 Å². The third-order valence-electron chi connectivity index (χ3n) is 2.91. The predicted molar refractivity (Wildman–Crippen MR) is 54.7 cm³/mol. The van der Waals surface area contributed by atoms with Gasteiger partial charge in [0.05, 0.1) is 0 Å². The molecule has 0 bridgehead atoms. The van der Waals surface area contributed by atoms with Gasteiger partial charge in [-0.2, -0.15) is 0 Å². The summed E-state index contributed by atoms with van der Waals surface area (Å²) in [5.74, 6) is 0. The molecule has 0 aromatic rings. The largest absolute Gasteiger partial charge is 0.364 e. The molecule has 1 aliphatic heterocycles. The number of rotatable bonds is 4. The van der Waals surface area contributed by atoms with Crippen molar-refractivity contribution in [3.63, 3.8) is 0 Å². The Morgan fingerprint density at radius 3 is 2.77 bits per heavy atom.